The SMILES string of the molecule is Nc1ccc(OCc2ccc(Br)cc2F)c2cccnc12. The fourth-order valence-electron chi connectivity index (χ4n) is 2.09. The van der Waals surface area contributed by atoms with Gasteiger partial charge in [0.1, 0.15) is 18.2 Å². The van der Waals surface area contributed by atoms with Gasteiger partial charge in [0.25, 0.3) is 0 Å². The summed E-state index contributed by atoms with van der Waals surface area (Å²) >= 11 is 3.23. The Hall–Kier alpha value is -2.14. The summed E-state index contributed by atoms with van der Waals surface area (Å²) < 4.78 is 20.2. The summed E-state index contributed by atoms with van der Waals surface area (Å²) in [6, 6.07) is 12.1. The quantitative estimate of drug-likeness (QED) is 0.719. The van der Waals surface area contributed by atoms with Crippen LogP contribution >= 0.6 is 15.9 Å². The first-order chi connectivity index (χ1) is 10.1. The third-order valence-electron chi connectivity index (χ3n) is 3.16. The molecule has 0 atom stereocenters. The van der Waals surface area contributed by atoms with E-state index < -0.39 is 0 Å². The molecule has 3 rings (SSSR count). The van der Waals surface area contributed by atoms with E-state index in [9.17, 15) is 4.39 Å². The van der Waals surface area contributed by atoms with Gasteiger partial charge in [-0.15, -0.1) is 0 Å². The minimum absolute atomic E-state index is 0.146. The van der Waals surface area contributed by atoms with Gasteiger partial charge in [0, 0.05) is 21.6 Å². The molecule has 0 radical (unpaired) electrons. The molecule has 3 aromatic rings. The van der Waals surface area contributed by atoms with Crippen molar-refractivity contribution in [2.75, 3.05) is 5.73 Å². The smallest absolute Gasteiger partial charge is 0.130 e. The second kappa shape index (κ2) is 5.69. The molecule has 0 saturated heterocycles. The van der Waals surface area contributed by atoms with E-state index in [1.165, 1.54) is 6.07 Å². The van der Waals surface area contributed by atoms with E-state index in [1.54, 1.807) is 30.5 Å². The fourth-order valence-corrected chi connectivity index (χ4v) is 2.42. The van der Waals surface area contributed by atoms with Crippen molar-refractivity contribution in [3.63, 3.8) is 0 Å². The molecule has 0 aliphatic carbocycles. The molecule has 106 valence electrons. The summed E-state index contributed by atoms with van der Waals surface area (Å²) in [6.07, 6.45) is 1.68. The second-order valence-corrected chi connectivity index (χ2v) is 5.49. The highest BCUT2D eigenvalue weighted by Crippen LogP contribution is 2.29. The van der Waals surface area contributed by atoms with Crippen LogP contribution in [0.1, 0.15) is 5.56 Å². The van der Waals surface area contributed by atoms with Crippen LogP contribution in [0.4, 0.5) is 10.1 Å². The number of rotatable bonds is 3. The number of benzene rings is 2. The van der Waals surface area contributed by atoms with Crippen molar-refractivity contribution in [2.45, 2.75) is 6.61 Å². The van der Waals surface area contributed by atoms with Gasteiger partial charge >= 0.3 is 0 Å². The first kappa shape index (κ1) is 13.8. The summed E-state index contributed by atoms with van der Waals surface area (Å²) in [5.41, 5.74) is 7.66. The summed E-state index contributed by atoms with van der Waals surface area (Å²) in [5, 5.41) is 0.815. The standard InChI is InChI=1S/C16H12BrFN2O/c17-11-4-3-10(13(18)8-11)9-21-15-6-5-14(19)16-12(15)2-1-7-20-16/h1-8H,9,19H2. The van der Waals surface area contributed by atoms with Crippen LogP contribution in [0.25, 0.3) is 10.9 Å². The Morgan fingerprint density at radius 3 is 2.86 bits per heavy atom. The highest BCUT2D eigenvalue weighted by molar-refractivity contribution is 9.10. The van der Waals surface area contributed by atoms with E-state index in [1.807, 2.05) is 12.1 Å². The Morgan fingerprint density at radius 1 is 1.19 bits per heavy atom. The first-order valence-corrected chi connectivity index (χ1v) is 7.14. The zero-order chi connectivity index (χ0) is 14.8. The average molecular weight is 347 g/mol. The molecule has 1 aromatic heterocycles. The van der Waals surface area contributed by atoms with Gasteiger partial charge in [-0.2, -0.15) is 0 Å². The summed E-state index contributed by atoms with van der Waals surface area (Å²) in [7, 11) is 0. The minimum Gasteiger partial charge on any atom is -0.488 e. The van der Waals surface area contributed by atoms with Gasteiger partial charge in [0.05, 0.1) is 11.2 Å². The number of fused-ring (bicyclic) bond motifs is 1. The van der Waals surface area contributed by atoms with E-state index in [-0.39, 0.29) is 12.4 Å². The molecule has 5 heteroatoms. The molecular formula is C16H12BrFN2O. The van der Waals surface area contributed by atoms with E-state index in [0.29, 0.717) is 27.0 Å². The van der Waals surface area contributed by atoms with Crippen LogP contribution in [0.5, 0.6) is 5.75 Å². The number of hydrogen-bond donors (Lipinski definition) is 1. The molecule has 0 bridgehead atoms. The predicted molar refractivity (Wildman–Crippen MR) is 84.6 cm³/mol. The van der Waals surface area contributed by atoms with Gasteiger partial charge in [-0.3, -0.25) is 4.98 Å². The predicted octanol–water partition coefficient (Wildman–Crippen LogP) is 4.30. The van der Waals surface area contributed by atoms with Crippen LogP contribution < -0.4 is 10.5 Å². The van der Waals surface area contributed by atoms with Gasteiger partial charge in [-0.05, 0) is 36.4 Å². The lowest BCUT2D eigenvalue weighted by atomic mass is 10.1. The lowest BCUT2D eigenvalue weighted by Crippen LogP contribution is -2.00. The molecule has 0 saturated carbocycles. The Bertz CT molecular complexity index is 807. The molecule has 2 N–H and O–H groups in total. The minimum atomic E-state index is -0.303. The van der Waals surface area contributed by atoms with Gasteiger partial charge in [0.2, 0.25) is 0 Å². The molecule has 2 aromatic carbocycles. The van der Waals surface area contributed by atoms with Gasteiger partial charge in [-0.25, -0.2) is 4.39 Å². The van der Waals surface area contributed by atoms with Crippen molar-refractivity contribution in [1.82, 2.24) is 4.98 Å². The molecular weight excluding hydrogens is 335 g/mol. The number of nitrogen functional groups attached to an aromatic ring is 1. The number of hydrogen-bond acceptors (Lipinski definition) is 3. The van der Waals surface area contributed by atoms with Gasteiger partial charge in [0.15, 0.2) is 0 Å². The summed E-state index contributed by atoms with van der Waals surface area (Å²) in [5.74, 6) is 0.330. The van der Waals surface area contributed by atoms with E-state index >= 15 is 0 Å². The number of aromatic nitrogens is 1. The lowest BCUT2D eigenvalue weighted by Gasteiger charge is -2.11. The Balaban J connectivity index is 1.90. The number of nitrogens with zero attached hydrogens (tertiary/aromatic N) is 1. The molecule has 0 spiro atoms. The molecule has 0 unspecified atom stereocenters. The second-order valence-electron chi connectivity index (χ2n) is 4.58. The Labute approximate surface area is 129 Å². The van der Waals surface area contributed by atoms with E-state index in [0.717, 1.165) is 5.39 Å². The summed E-state index contributed by atoms with van der Waals surface area (Å²) in [6.45, 7) is 0.146. The Morgan fingerprint density at radius 2 is 2.05 bits per heavy atom. The molecule has 21 heavy (non-hydrogen) atoms. The maximum Gasteiger partial charge on any atom is 0.130 e. The number of pyridine rings is 1. The highest BCUT2D eigenvalue weighted by Gasteiger charge is 2.08. The van der Waals surface area contributed by atoms with Crippen LogP contribution in [-0.4, -0.2) is 4.98 Å². The van der Waals surface area contributed by atoms with E-state index in [4.69, 9.17) is 10.5 Å². The van der Waals surface area contributed by atoms with Crippen LogP contribution in [0.2, 0.25) is 0 Å². The number of anilines is 1. The fraction of sp³-hybridized carbons (Fsp3) is 0.0625. The molecule has 0 amide bonds. The summed E-state index contributed by atoms with van der Waals surface area (Å²) in [4.78, 5) is 4.24. The van der Waals surface area contributed by atoms with Gasteiger partial charge < -0.3 is 10.5 Å². The van der Waals surface area contributed by atoms with E-state index in [2.05, 4.69) is 20.9 Å². The Kier molecular flexibility index (Phi) is 3.75. The van der Waals surface area contributed by atoms with Crippen molar-refractivity contribution < 1.29 is 9.13 Å². The third-order valence-corrected chi connectivity index (χ3v) is 3.65. The zero-order valence-corrected chi connectivity index (χ0v) is 12.6. The van der Waals surface area contributed by atoms with Gasteiger partial charge in [-0.1, -0.05) is 22.0 Å². The monoisotopic (exact) mass is 346 g/mol. The van der Waals surface area contributed by atoms with Crippen LogP contribution in [0.3, 0.4) is 0 Å². The van der Waals surface area contributed by atoms with Crippen LogP contribution in [-0.2, 0) is 6.61 Å². The molecule has 1 heterocycles. The highest BCUT2D eigenvalue weighted by atomic mass is 79.9. The van der Waals surface area contributed by atoms with Crippen molar-refractivity contribution >= 4 is 32.5 Å². The topological polar surface area (TPSA) is 48.1 Å². The van der Waals surface area contributed by atoms with Crippen molar-refractivity contribution in [1.29, 1.82) is 0 Å². The zero-order valence-electron chi connectivity index (χ0n) is 11.0. The largest absolute Gasteiger partial charge is 0.488 e. The third kappa shape index (κ3) is 2.83. The molecule has 0 fully saturated rings. The lowest BCUT2D eigenvalue weighted by molar-refractivity contribution is 0.303. The van der Waals surface area contributed by atoms with Crippen LogP contribution in [0, 0.1) is 5.82 Å². The average Bonchev–Trinajstić information content (AvgIpc) is 2.48. The van der Waals surface area contributed by atoms with Crippen molar-refractivity contribution in [3.8, 4) is 5.75 Å². The van der Waals surface area contributed by atoms with Crippen molar-refractivity contribution in [3.05, 3.63) is 64.5 Å². The van der Waals surface area contributed by atoms with Crippen LogP contribution in [0.15, 0.2) is 53.1 Å². The molecule has 3 nitrogen and oxygen atoms in total. The molecule has 0 aliphatic rings. The molecule has 0 aliphatic heterocycles. The van der Waals surface area contributed by atoms with Crippen molar-refractivity contribution in [2.24, 2.45) is 0 Å². The first-order valence-electron chi connectivity index (χ1n) is 6.35. The maximum atomic E-state index is 13.8. The number of ether oxygens (including phenoxy) is 1. The maximum absolute atomic E-state index is 13.8. The number of nitrogens with two attached hydrogens (primary N) is 1. The number of halogens is 2. The normalized spacial score (nSPS) is 10.8.